The van der Waals surface area contributed by atoms with Crippen molar-refractivity contribution in [2.75, 3.05) is 6.54 Å². The molecule has 0 aromatic rings. The predicted molar refractivity (Wildman–Crippen MR) is 35.5 cm³/mol. The van der Waals surface area contributed by atoms with E-state index in [1.54, 1.807) is 6.07 Å². The second-order valence-electron chi connectivity index (χ2n) is 1.91. The molecule has 0 bridgehead atoms. The summed E-state index contributed by atoms with van der Waals surface area (Å²) in [6.07, 6.45) is 0. The van der Waals surface area contributed by atoms with E-state index in [0.717, 1.165) is 4.81 Å². The summed E-state index contributed by atoms with van der Waals surface area (Å²) in [7, 11) is 5.19. The summed E-state index contributed by atoms with van der Waals surface area (Å²) < 4.78 is 0. The first-order valence-corrected chi connectivity index (χ1v) is 2.60. The van der Waals surface area contributed by atoms with Crippen LogP contribution in [-0.2, 0) is 0 Å². The van der Waals surface area contributed by atoms with Crippen molar-refractivity contribution < 1.29 is 5.11 Å². The minimum absolute atomic E-state index is 0.0394. The fourth-order valence-corrected chi connectivity index (χ4v) is 0.717. The number of aliphatic hydroxyl groups is 1. The molecule has 0 spiro atoms. The quantitative estimate of drug-likeness (QED) is 0.445. The highest BCUT2D eigenvalue weighted by molar-refractivity contribution is 6.21. The highest BCUT2D eigenvalue weighted by Crippen LogP contribution is 2.13. The van der Waals surface area contributed by atoms with E-state index in [-0.39, 0.29) is 23.7 Å². The van der Waals surface area contributed by atoms with E-state index in [1.165, 1.54) is 0 Å². The summed E-state index contributed by atoms with van der Waals surface area (Å²) in [6.45, 7) is 0.0573. The number of aliphatic hydroxyl groups excluding tert-OH is 1. The molecule has 1 heterocycles. The summed E-state index contributed by atoms with van der Waals surface area (Å²) in [5, 5.41) is 24.4. The van der Waals surface area contributed by atoms with Crippen molar-refractivity contribution in [3.8, 4) is 6.07 Å². The van der Waals surface area contributed by atoms with Crippen molar-refractivity contribution in [2.45, 2.75) is 0 Å². The normalized spacial score (nSPS) is 17.9. The molecule has 0 unspecified atom stereocenters. The molecule has 4 nitrogen and oxygen atoms in total. The molecule has 48 valence electrons. The Kier molecular flexibility index (Phi) is 1.38. The Hall–Kier alpha value is -1.44. The molecule has 0 aromatic heterocycles. The fraction of sp³-hybridized carbons (Fsp3) is 0.200. The molecular weight excluding hydrogens is 129 g/mol. The summed E-state index contributed by atoms with van der Waals surface area (Å²) in [6, 6.07) is 1.68. The van der Waals surface area contributed by atoms with E-state index in [9.17, 15) is 0 Å². The van der Waals surface area contributed by atoms with Gasteiger partial charge in [0.2, 0.25) is 7.98 Å². The zero-order valence-corrected chi connectivity index (χ0v) is 5.13. The first-order chi connectivity index (χ1) is 4.66. The first-order valence-electron chi connectivity index (χ1n) is 2.60. The summed E-state index contributed by atoms with van der Waals surface area (Å²) >= 11 is 0. The van der Waals surface area contributed by atoms with Crippen LogP contribution >= 0.6 is 0 Å². The molecule has 10 heavy (non-hydrogen) atoms. The topological polar surface area (TPSA) is 71.1 Å². The highest BCUT2D eigenvalue weighted by Gasteiger charge is 2.22. The van der Waals surface area contributed by atoms with Crippen molar-refractivity contribution in [1.82, 2.24) is 4.81 Å². The number of hydrogen-bond donors (Lipinski definition) is 2. The lowest BCUT2D eigenvalue weighted by Crippen LogP contribution is -2.22. The van der Waals surface area contributed by atoms with Gasteiger partial charge >= 0.3 is 0 Å². The number of hydrogen-bond acceptors (Lipinski definition) is 3. The summed E-state index contributed by atoms with van der Waals surface area (Å²) in [5.74, 6) is -0.255. The molecule has 0 aromatic carbocycles. The molecule has 0 atom stereocenters. The zero-order valence-electron chi connectivity index (χ0n) is 5.13. The fourth-order valence-electron chi connectivity index (χ4n) is 0.717. The van der Waals surface area contributed by atoms with E-state index >= 15 is 0 Å². The average Bonchev–Trinajstić information content (AvgIpc) is 2.09. The van der Waals surface area contributed by atoms with Crippen LogP contribution < -0.4 is 0 Å². The van der Waals surface area contributed by atoms with Gasteiger partial charge in [-0.3, -0.25) is 5.41 Å². The van der Waals surface area contributed by atoms with Crippen molar-refractivity contribution in [1.29, 1.82) is 10.7 Å². The van der Waals surface area contributed by atoms with Gasteiger partial charge in [-0.15, -0.1) is 0 Å². The van der Waals surface area contributed by atoms with Gasteiger partial charge in [-0.05, 0) is 0 Å². The van der Waals surface area contributed by atoms with Crippen LogP contribution in [0.3, 0.4) is 0 Å². The molecule has 0 saturated carbocycles. The van der Waals surface area contributed by atoms with Gasteiger partial charge in [-0.2, -0.15) is 5.26 Å². The SMILES string of the molecule is [B]N1CC(O)=C(C#N)C1=N. The summed E-state index contributed by atoms with van der Waals surface area (Å²) in [5.41, 5.74) is -0.0394. The van der Waals surface area contributed by atoms with Crippen LogP contribution in [0.25, 0.3) is 0 Å². The minimum atomic E-state index is -0.130. The van der Waals surface area contributed by atoms with Gasteiger partial charge in [-0.25, -0.2) is 0 Å². The predicted octanol–water partition coefficient (Wildman–Crippen LogP) is -0.302. The number of nitriles is 1. The second-order valence-corrected chi connectivity index (χ2v) is 1.91. The van der Waals surface area contributed by atoms with Gasteiger partial charge in [0.25, 0.3) is 0 Å². The Labute approximate surface area is 59.3 Å². The number of rotatable bonds is 0. The molecule has 0 fully saturated rings. The van der Waals surface area contributed by atoms with Crippen LogP contribution in [0.2, 0.25) is 0 Å². The maximum Gasteiger partial charge on any atom is 0.229 e. The van der Waals surface area contributed by atoms with Crippen molar-refractivity contribution in [3.63, 3.8) is 0 Å². The molecule has 2 radical (unpaired) electrons. The lowest BCUT2D eigenvalue weighted by molar-refractivity contribution is 0.388. The van der Waals surface area contributed by atoms with Gasteiger partial charge in [0.1, 0.15) is 23.2 Å². The van der Waals surface area contributed by atoms with E-state index in [2.05, 4.69) is 0 Å². The molecule has 2 N–H and O–H groups in total. The molecule has 0 saturated heterocycles. The molecular formula is C5H4BN3O. The van der Waals surface area contributed by atoms with Gasteiger partial charge in [0, 0.05) is 0 Å². The second kappa shape index (κ2) is 2.07. The third-order valence-electron chi connectivity index (χ3n) is 1.24. The molecule has 5 heteroatoms. The first kappa shape index (κ1) is 6.68. The van der Waals surface area contributed by atoms with Gasteiger partial charge in [-0.1, -0.05) is 0 Å². The lowest BCUT2D eigenvalue weighted by Gasteiger charge is -2.08. The maximum atomic E-state index is 8.92. The Morgan fingerprint density at radius 3 is 2.60 bits per heavy atom. The van der Waals surface area contributed by atoms with Gasteiger partial charge < -0.3 is 9.92 Å². The van der Waals surface area contributed by atoms with Gasteiger partial charge in [0.05, 0.1) is 6.54 Å². The van der Waals surface area contributed by atoms with Crippen LogP contribution in [0, 0.1) is 16.7 Å². The van der Waals surface area contributed by atoms with Crippen LogP contribution in [0.15, 0.2) is 11.3 Å². The number of amidine groups is 1. The third kappa shape index (κ3) is 0.741. The average molecular weight is 133 g/mol. The van der Waals surface area contributed by atoms with Crippen LogP contribution in [0.5, 0.6) is 0 Å². The van der Waals surface area contributed by atoms with Crippen LogP contribution in [-0.4, -0.2) is 30.3 Å². The van der Waals surface area contributed by atoms with Crippen LogP contribution in [0.4, 0.5) is 0 Å². The monoisotopic (exact) mass is 133 g/mol. The van der Waals surface area contributed by atoms with E-state index in [1.807, 2.05) is 0 Å². The maximum absolute atomic E-state index is 8.92. The zero-order chi connectivity index (χ0) is 7.72. The molecule has 1 aliphatic rings. The Balaban J connectivity index is 2.99. The van der Waals surface area contributed by atoms with E-state index in [4.69, 9.17) is 23.8 Å². The molecule has 1 rings (SSSR count). The standard InChI is InChI=1S/C5H4BN3O/c6-9-2-4(10)3(1-7)5(9)8/h8,10H,2H2. The van der Waals surface area contributed by atoms with Crippen molar-refractivity contribution >= 4 is 13.8 Å². The Morgan fingerprint density at radius 2 is 2.40 bits per heavy atom. The summed E-state index contributed by atoms with van der Waals surface area (Å²) in [4.78, 5) is 1.01. The van der Waals surface area contributed by atoms with Crippen molar-refractivity contribution in [3.05, 3.63) is 11.3 Å². The van der Waals surface area contributed by atoms with Gasteiger partial charge in [0.15, 0.2) is 0 Å². The molecule has 1 aliphatic heterocycles. The third-order valence-corrected chi connectivity index (χ3v) is 1.24. The minimum Gasteiger partial charge on any atom is -0.509 e. The highest BCUT2D eigenvalue weighted by atomic mass is 16.3. The van der Waals surface area contributed by atoms with Crippen molar-refractivity contribution in [2.24, 2.45) is 0 Å². The lowest BCUT2D eigenvalue weighted by atomic mass is 10.2. The largest absolute Gasteiger partial charge is 0.509 e. The van der Waals surface area contributed by atoms with Crippen LogP contribution in [0.1, 0.15) is 0 Å². The molecule has 0 aliphatic carbocycles. The number of nitrogens with one attached hydrogen (secondary N) is 1. The Morgan fingerprint density at radius 1 is 1.80 bits per heavy atom. The van der Waals surface area contributed by atoms with E-state index < -0.39 is 0 Å². The smallest absolute Gasteiger partial charge is 0.229 e. The molecule has 0 amide bonds. The number of nitrogens with zero attached hydrogens (tertiary/aromatic N) is 2. The van der Waals surface area contributed by atoms with E-state index in [0.29, 0.717) is 0 Å². The Bertz CT molecular complexity index is 252.